The molecule has 142 valence electrons. The number of carbonyl (C=O) groups is 2. The quantitative estimate of drug-likeness (QED) is 0.828. The summed E-state index contributed by atoms with van der Waals surface area (Å²) >= 11 is 0. The van der Waals surface area contributed by atoms with Gasteiger partial charge in [0.05, 0.1) is 6.61 Å². The first-order valence-electron chi connectivity index (χ1n) is 9.58. The van der Waals surface area contributed by atoms with Crippen molar-refractivity contribution in [1.29, 1.82) is 0 Å². The average molecular weight is 360 g/mol. The van der Waals surface area contributed by atoms with Gasteiger partial charge in [-0.3, -0.25) is 4.79 Å². The van der Waals surface area contributed by atoms with Crippen LogP contribution in [0.3, 0.4) is 0 Å². The Hall–Kier alpha value is -2.24. The van der Waals surface area contributed by atoms with E-state index in [4.69, 9.17) is 9.47 Å². The number of benzene rings is 1. The van der Waals surface area contributed by atoms with Gasteiger partial charge in [0.2, 0.25) is 0 Å². The zero-order chi connectivity index (χ0) is 18.5. The molecule has 1 aromatic rings. The Labute approximate surface area is 155 Å². The van der Waals surface area contributed by atoms with Gasteiger partial charge in [-0.2, -0.15) is 0 Å². The Morgan fingerprint density at radius 1 is 1.08 bits per heavy atom. The summed E-state index contributed by atoms with van der Waals surface area (Å²) in [6.45, 7) is 5.98. The number of amides is 2. The normalized spacial score (nSPS) is 18.1. The van der Waals surface area contributed by atoms with Gasteiger partial charge in [-0.05, 0) is 56.7 Å². The van der Waals surface area contributed by atoms with Crippen LogP contribution in [0, 0.1) is 0 Å². The van der Waals surface area contributed by atoms with E-state index in [2.05, 4.69) is 6.07 Å². The maximum atomic E-state index is 12.7. The van der Waals surface area contributed by atoms with Crippen LogP contribution in [0.25, 0.3) is 0 Å². The molecule has 0 aromatic heterocycles. The fourth-order valence-corrected chi connectivity index (χ4v) is 3.68. The molecule has 2 aliphatic rings. The van der Waals surface area contributed by atoms with Gasteiger partial charge in [-0.25, -0.2) is 4.79 Å². The lowest BCUT2D eigenvalue weighted by Gasteiger charge is -2.35. The molecule has 1 aliphatic heterocycles. The highest BCUT2D eigenvalue weighted by molar-refractivity contribution is 5.81. The van der Waals surface area contributed by atoms with Crippen molar-refractivity contribution in [3.05, 3.63) is 29.3 Å². The van der Waals surface area contributed by atoms with Crippen LogP contribution in [0.5, 0.6) is 5.75 Å². The van der Waals surface area contributed by atoms with Gasteiger partial charge in [0.1, 0.15) is 5.75 Å². The predicted molar refractivity (Wildman–Crippen MR) is 98.3 cm³/mol. The van der Waals surface area contributed by atoms with E-state index in [9.17, 15) is 9.59 Å². The first kappa shape index (κ1) is 18.5. The van der Waals surface area contributed by atoms with Gasteiger partial charge in [-0.15, -0.1) is 0 Å². The molecular weight excluding hydrogens is 332 g/mol. The summed E-state index contributed by atoms with van der Waals surface area (Å²) in [5, 5.41) is 0. The number of ether oxygens (including phenoxy) is 2. The van der Waals surface area contributed by atoms with Crippen LogP contribution in [-0.4, -0.2) is 60.7 Å². The van der Waals surface area contributed by atoms with Crippen molar-refractivity contribution < 1.29 is 19.1 Å². The van der Waals surface area contributed by atoms with Crippen molar-refractivity contribution in [2.45, 2.75) is 45.6 Å². The lowest BCUT2D eigenvalue weighted by molar-refractivity contribution is -0.139. The molecule has 6 nitrogen and oxygen atoms in total. The Bertz CT molecular complexity index is 653. The largest absolute Gasteiger partial charge is 0.481 e. The van der Waals surface area contributed by atoms with E-state index in [1.54, 1.807) is 16.7 Å². The fourth-order valence-electron chi connectivity index (χ4n) is 3.68. The molecule has 6 heteroatoms. The Balaban J connectivity index is 1.57. The monoisotopic (exact) mass is 360 g/mol. The van der Waals surface area contributed by atoms with E-state index in [0.717, 1.165) is 18.6 Å². The van der Waals surface area contributed by atoms with Gasteiger partial charge in [-0.1, -0.05) is 12.1 Å². The van der Waals surface area contributed by atoms with Crippen LogP contribution >= 0.6 is 0 Å². The predicted octanol–water partition coefficient (Wildman–Crippen LogP) is 2.63. The molecule has 1 fully saturated rings. The number of hydrogen-bond acceptors (Lipinski definition) is 4. The molecule has 1 aromatic carbocycles. The molecule has 1 heterocycles. The number of nitrogens with zero attached hydrogens (tertiary/aromatic N) is 2. The van der Waals surface area contributed by atoms with Crippen LogP contribution in [0.15, 0.2) is 18.2 Å². The highest BCUT2D eigenvalue weighted by atomic mass is 16.6. The zero-order valence-electron chi connectivity index (χ0n) is 15.7. The molecule has 0 radical (unpaired) electrons. The molecule has 1 saturated heterocycles. The Morgan fingerprint density at radius 2 is 1.77 bits per heavy atom. The van der Waals surface area contributed by atoms with Gasteiger partial charge >= 0.3 is 6.09 Å². The number of rotatable bonds is 4. The maximum Gasteiger partial charge on any atom is 0.409 e. The number of aryl methyl sites for hydroxylation is 1. The second kappa shape index (κ2) is 8.43. The number of carbonyl (C=O) groups excluding carboxylic acids is 2. The number of hydrogen-bond donors (Lipinski definition) is 0. The van der Waals surface area contributed by atoms with Crippen LogP contribution in [0.2, 0.25) is 0 Å². The highest BCUT2D eigenvalue weighted by Crippen LogP contribution is 2.30. The second-order valence-corrected chi connectivity index (χ2v) is 6.87. The smallest absolute Gasteiger partial charge is 0.409 e. The molecule has 26 heavy (non-hydrogen) atoms. The first-order valence-corrected chi connectivity index (χ1v) is 9.58. The Morgan fingerprint density at radius 3 is 2.50 bits per heavy atom. The summed E-state index contributed by atoms with van der Waals surface area (Å²) in [4.78, 5) is 27.9. The van der Waals surface area contributed by atoms with Crippen molar-refractivity contribution in [2.75, 3.05) is 32.8 Å². The minimum atomic E-state index is -0.530. The highest BCUT2D eigenvalue weighted by Gasteiger charge is 2.29. The first-order chi connectivity index (χ1) is 12.6. The van der Waals surface area contributed by atoms with Crippen LogP contribution in [0.1, 0.15) is 37.8 Å². The number of fused-ring (bicyclic) bond motifs is 1. The summed E-state index contributed by atoms with van der Waals surface area (Å²) in [6.07, 6.45) is 3.66. The molecule has 0 saturated carbocycles. The van der Waals surface area contributed by atoms with E-state index in [1.165, 1.54) is 24.0 Å². The second-order valence-electron chi connectivity index (χ2n) is 6.87. The summed E-state index contributed by atoms with van der Waals surface area (Å²) in [6, 6.07) is 6.13. The SMILES string of the molecule is CCOC(=O)N1CCN(C(=O)C(C)Oc2cccc3c2CCCC3)CC1. The summed E-state index contributed by atoms with van der Waals surface area (Å²) in [5.41, 5.74) is 2.60. The zero-order valence-corrected chi connectivity index (χ0v) is 15.7. The molecule has 0 spiro atoms. The van der Waals surface area contributed by atoms with Gasteiger partial charge in [0.15, 0.2) is 6.10 Å². The molecule has 1 aliphatic carbocycles. The lowest BCUT2D eigenvalue weighted by atomic mass is 9.91. The number of piperazine rings is 1. The van der Waals surface area contributed by atoms with Crippen LogP contribution < -0.4 is 4.74 Å². The molecule has 1 atom stereocenters. The summed E-state index contributed by atoms with van der Waals surface area (Å²) in [7, 11) is 0. The fraction of sp³-hybridized carbons (Fsp3) is 0.600. The third-order valence-electron chi connectivity index (χ3n) is 5.12. The average Bonchev–Trinajstić information content (AvgIpc) is 2.68. The summed E-state index contributed by atoms with van der Waals surface area (Å²) < 4.78 is 11.1. The van der Waals surface area contributed by atoms with Gasteiger partial charge < -0.3 is 19.3 Å². The third-order valence-corrected chi connectivity index (χ3v) is 5.12. The molecule has 3 rings (SSSR count). The molecule has 0 bridgehead atoms. The van der Waals surface area contributed by atoms with Gasteiger partial charge in [0.25, 0.3) is 5.91 Å². The molecule has 1 unspecified atom stereocenters. The summed E-state index contributed by atoms with van der Waals surface area (Å²) in [5.74, 6) is 0.815. The van der Waals surface area contributed by atoms with Crippen molar-refractivity contribution in [2.24, 2.45) is 0 Å². The van der Waals surface area contributed by atoms with Crippen molar-refractivity contribution in [3.8, 4) is 5.75 Å². The molecular formula is C20H28N2O4. The van der Waals surface area contributed by atoms with Gasteiger partial charge in [0, 0.05) is 26.2 Å². The Kier molecular flexibility index (Phi) is 6.01. The minimum Gasteiger partial charge on any atom is -0.481 e. The van der Waals surface area contributed by atoms with E-state index in [-0.39, 0.29) is 12.0 Å². The van der Waals surface area contributed by atoms with E-state index >= 15 is 0 Å². The van der Waals surface area contributed by atoms with E-state index in [0.29, 0.717) is 32.8 Å². The topological polar surface area (TPSA) is 59.1 Å². The van der Waals surface area contributed by atoms with Crippen molar-refractivity contribution in [3.63, 3.8) is 0 Å². The maximum absolute atomic E-state index is 12.7. The standard InChI is InChI=1S/C20H28N2O4/c1-3-25-20(24)22-13-11-21(12-14-22)19(23)15(2)26-18-10-6-8-16-7-4-5-9-17(16)18/h6,8,10,15H,3-5,7,9,11-14H2,1-2H3. The van der Waals surface area contributed by atoms with E-state index < -0.39 is 6.10 Å². The minimum absolute atomic E-state index is 0.0260. The lowest BCUT2D eigenvalue weighted by Crippen LogP contribution is -2.53. The van der Waals surface area contributed by atoms with Crippen LogP contribution in [-0.2, 0) is 22.4 Å². The molecule has 2 amide bonds. The van der Waals surface area contributed by atoms with E-state index in [1.807, 2.05) is 19.1 Å². The van der Waals surface area contributed by atoms with Crippen LogP contribution in [0.4, 0.5) is 4.79 Å². The third kappa shape index (κ3) is 4.11. The van der Waals surface area contributed by atoms with Crippen molar-refractivity contribution >= 4 is 12.0 Å². The van der Waals surface area contributed by atoms with Crippen molar-refractivity contribution in [1.82, 2.24) is 9.80 Å². The molecule has 0 N–H and O–H groups in total.